The van der Waals surface area contributed by atoms with Gasteiger partial charge in [-0.2, -0.15) is 0 Å². The van der Waals surface area contributed by atoms with Crippen molar-refractivity contribution in [3.05, 3.63) is 69.5 Å². The van der Waals surface area contributed by atoms with E-state index in [-0.39, 0.29) is 28.3 Å². The highest BCUT2D eigenvalue weighted by atomic mass is 35.5. The Morgan fingerprint density at radius 2 is 1.91 bits per heavy atom. The summed E-state index contributed by atoms with van der Waals surface area (Å²) in [6, 6.07) is 12.6. The third kappa shape index (κ3) is 4.48. The van der Waals surface area contributed by atoms with Crippen molar-refractivity contribution in [1.29, 1.82) is 0 Å². The van der Waals surface area contributed by atoms with E-state index in [0.29, 0.717) is 11.3 Å². The zero-order chi connectivity index (χ0) is 23.0. The van der Waals surface area contributed by atoms with E-state index in [0.717, 1.165) is 48.6 Å². The van der Waals surface area contributed by atoms with Gasteiger partial charge in [0.2, 0.25) is 15.9 Å². The van der Waals surface area contributed by atoms with Gasteiger partial charge in [-0.05, 0) is 42.2 Å². The summed E-state index contributed by atoms with van der Waals surface area (Å²) >= 11 is 6.34. The van der Waals surface area contributed by atoms with Crippen LogP contribution in [0.4, 0.5) is 0 Å². The van der Waals surface area contributed by atoms with E-state index in [4.69, 9.17) is 16.0 Å². The fourth-order valence-corrected chi connectivity index (χ4v) is 6.32. The molecule has 1 fully saturated rings. The molecule has 0 unspecified atom stereocenters. The van der Waals surface area contributed by atoms with Crippen molar-refractivity contribution in [1.82, 2.24) is 19.9 Å². The van der Waals surface area contributed by atoms with E-state index in [1.807, 2.05) is 24.3 Å². The van der Waals surface area contributed by atoms with Crippen LogP contribution >= 0.6 is 11.6 Å². The molecule has 1 aliphatic carbocycles. The maximum Gasteiger partial charge on any atom is 0.434 e. The molecule has 1 saturated carbocycles. The number of nitrogens with one attached hydrogen (secondary N) is 3. The first-order valence-electron chi connectivity index (χ1n) is 10.9. The Morgan fingerprint density at radius 1 is 1.12 bits per heavy atom. The number of nitrogens with zero attached hydrogens (tertiary/aromatic N) is 1. The molecule has 0 atom stereocenters. The predicted molar refractivity (Wildman–Crippen MR) is 126 cm³/mol. The lowest BCUT2D eigenvalue weighted by Crippen LogP contribution is -2.36. The fourth-order valence-electron chi connectivity index (χ4n) is 4.49. The van der Waals surface area contributed by atoms with E-state index in [2.05, 4.69) is 19.9 Å². The monoisotopic (exact) mass is 486 g/mol. The molecule has 33 heavy (non-hydrogen) atoms. The molecule has 0 aliphatic heterocycles. The SMILES string of the molecule is O=c1[nH]nc(Cc2c(-c3ccc(Cl)c(S(=O)(=O)NC4CCCCC4)c3)[nH]c3ccccc23)o1. The molecule has 10 heteroatoms. The van der Waals surface area contributed by atoms with Crippen molar-refractivity contribution in [2.75, 3.05) is 0 Å². The number of benzene rings is 2. The summed E-state index contributed by atoms with van der Waals surface area (Å²) < 4.78 is 34.3. The molecule has 8 nitrogen and oxygen atoms in total. The summed E-state index contributed by atoms with van der Waals surface area (Å²) in [5.74, 6) is -0.383. The van der Waals surface area contributed by atoms with Gasteiger partial charge in [0.15, 0.2) is 0 Å². The van der Waals surface area contributed by atoms with E-state index in [9.17, 15) is 13.2 Å². The Labute approximate surface area is 195 Å². The van der Waals surface area contributed by atoms with Crippen molar-refractivity contribution in [2.24, 2.45) is 0 Å². The number of sulfonamides is 1. The Morgan fingerprint density at radius 3 is 2.67 bits per heavy atom. The lowest BCUT2D eigenvalue weighted by Gasteiger charge is -2.23. The number of fused-ring (bicyclic) bond motifs is 1. The summed E-state index contributed by atoms with van der Waals surface area (Å²) in [5.41, 5.74) is 3.09. The van der Waals surface area contributed by atoms with Gasteiger partial charge >= 0.3 is 5.76 Å². The second kappa shape index (κ2) is 8.81. The average molecular weight is 487 g/mol. The number of halogens is 1. The van der Waals surface area contributed by atoms with Crippen LogP contribution in [-0.4, -0.2) is 29.6 Å². The molecule has 0 radical (unpaired) electrons. The van der Waals surface area contributed by atoms with E-state index in [1.54, 1.807) is 18.2 Å². The number of para-hydroxylation sites is 1. The summed E-state index contributed by atoms with van der Waals surface area (Å²) in [7, 11) is -3.79. The third-order valence-corrected chi connectivity index (χ3v) is 8.06. The number of hydrogen-bond acceptors (Lipinski definition) is 5. The first kappa shape index (κ1) is 21.9. The number of aromatic amines is 2. The summed E-state index contributed by atoms with van der Waals surface area (Å²) in [6.07, 6.45) is 5.08. The topological polar surface area (TPSA) is 121 Å². The van der Waals surface area contributed by atoms with Crippen molar-refractivity contribution in [2.45, 2.75) is 49.5 Å². The summed E-state index contributed by atoms with van der Waals surface area (Å²) in [6.45, 7) is 0. The molecule has 0 saturated heterocycles. The maximum absolute atomic E-state index is 13.2. The Bertz CT molecular complexity index is 1470. The van der Waals surface area contributed by atoms with Crippen LogP contribution in [0.15, 0.2) is 56.6 Å². The number of aromatic nitrogens is 3. The van der Waals surface area contributed by atoms with Crippen LogP contribution < -0.4 is 10.5 Å². The standard InChI is InChI=1S/C23H23ClN4O4S/c24-18-11-10-14(12-20(18)33(30,31)28-15-6-2-1-3-7-15)22-17(13-21-26-27-23(29)32-21)16-8-4-5-9-19(16)25-22/h4-5,8-12,15,25,28H,1-3,6-7,13H2,(H,27,29). The third-order valence-electron chi connectivity index (χ3n) is 6.06. The molecule has 2 heterocycles. The van der Waals surface area contributed by atoms with Crippen LogP contribution in [-0.2, 0) is 16.4 Å². The minimum atomic E-state index is -3.79. The number of rotatable bonds is 6. The van der Waals surface area contributed by atoms with Gasteiger partial charge in [-0.15, -0.1) is 5.10 Å². The summed E-state index contributed by atoms with van der Waals surface area (Å²) in [5, 5.41) is 7.29. The van der Waals surface area contributed by atoms with E-state index < -0.39 is 15.8 Å². The lowest BCUT2D eigenvalue weighted by molar-refractivity contribution is 0.412. The quantitative estimate of drug-likeness (QED) is 0.373. The number of H-pyrrole nitrogens is 2. The normalized spacial score (nSPS) is 15.3. The van der Waals surface area contributed by atoms with Gasteiger partial charge in [0.25, 0.3) is 0 Å². The number of hydrogen-bond donors (Lipinski definition) is 3. The molecule has 1 aliphatic rings. The van der Waals surface area contributed by atoms with Gasteiger partial charge in [0.1, 0.15) is 4.90 Å². The smallest absolute Gasteiger partial charge is 0.392 e. The zero-order valence-corrected chi connectivity index (χ0v) is 19.3. The van der Waals surface area contributed by atoms with Gasteiger partial charge in [-0.25, -0.2) is 23.0 Å². The zero-order valence-electron chi connectivity index (χ0n) is 17.7. The van der Waals surface area contributed by atoms with Gasteiger partial charge in [-0.3, -0.25) is 0 Å². The molecule has 4 aromatic rings. The second-order valence-electron chi connectivity index (χ2n) is 8.31. The van der Waals surface area contributed by atoms with Crippen molar-refractivity contribution in [3.63, 3.8) is 0 Å². The Balaban J connectivity index is 1.58. The van der Waals surface area contributed by atoms with Crippen molar-refractivity contribution < 1.29 is 12.8 Å². The highest BCUT2D eigenvalue weighted by molar-refractivity contribution is 7.89. The molecule has 3 N–H and O–H groups in total. The molecule has 5 rings (SSSR count). The molecule has 2 aromatic carbocycles. The largest absolute Gasteiger partial charge is 0.434 e. The van der Waals surface area contributed by atoms with Crippen LogP contribution in [0, 0.1) is 0 Å². The lowest BCUT2D eigenvalue weighted by atomic mass is 9.96. The maximum atomic E-state index is 13.2. The van der Waals surface area contributed by atoms with Crippen molar-refractivity contribution >= 4 is 32.5 Å². The van der Waals surface area contributed by atoms with E-state index >= 15 is 0 Å². The minimum Gasteiger partial charge on any atom is -0.392 e. The fraction of sp³-hybridized carbons (Fsp3) is 0.304. The molecule has 0 amide bonds. The molecule has 0 spiro atoms. The predicted octanol–water partition coefficient (Wildman–Crippen LogP) is 4.37. The van der Waals surface area contributed by atoms with Crippen molar-refractivity contribution in [3.8, 4) is 11.3 Å². The first-order valence-corrected chi connectivity index (χ1v) is 12.7. The van der Waals surface area contributed by atoms with E-state index in [1.165, 1.54) is 0 Å². The molecule has 2 aromatic heterocycles. The highest BCUT2D eigenvalue weighted by Crippen LogP contribution is 2.35. The average Bonchev–Trinajstić information content (AvgIpc) is 3.38. The molecular weight excluding hydrogens is 464 g/mol. The van der Waals surface area contributed by atoms with Crippen LogP contribution in [0.2, 0.25) is 5.02 Å². The minimum absolute atomic E-state index is 0.0446. The summed E-state index contributed by atoms with van der Waals surface area (Å²) in [4.78, 5) is 14.8. The molecule has 0 bridgehead atoms. The van der Waals surface area contributed by atoms with Crippen LogP contribution in [0.1, 0.15) is 43.6 Å². The van der Waals surface area contributed by atoms with Gasteiger partial charge in [0.05, 0.1) is 17.1 Å². The Kier molecular flexibility index (Phi) is 5.86. The van der Waals surface area contributed by atoms with Gasteiger partial charge in [-0.1, -0.05) is 55.1 Å². The van der Waals surface area contributed by atoms with Crippen LogP contribution in [0.5, 0.6) is 0 Å². The van der Waals surface area contributed by atoms with Crippen LogP contribution in [0.25, 0.3) is 22.2 Å². The molecular formula is C23H23ClN4O4S. The van der Waals surface area contributed by atoms with Crippen LogP contribution in [0.3, 0.4) is 0 Å². The first-order chi connectivity index (χ1) is 15.9. The Hall–Kier alpha value is -2.88. The highest BCUT2D eigenvalue weighted by Gasteiger charge is 2.25. The second-order valence-corrected chi connectivity index (χ2v) is 10.4. The van der Waals surface area contributed by atoms with Gasteiger partial charge < -0.3 is 9.40 Å². The molecule has 172 valence electrons. The van der Waals surface area contributed by atoms with Gasteiger partial charge in [0, 0.05) is 16.9 Å².